The third-order valence-electron chi connectivity index (χ3n) is 1.96. The second kappa shape index (κ2) is 4.84. The normalized spacial score (nSPS) is 10.9. The number of benzene rings is 1. The summed E-state index contributed by atoms with van der Waals surface area (Å²) in [7, 11) is 0. The molecular weight excluding hydrogens is 240 g/mol. The molecule has 5 heteroatoms. The molecule has 2 aromatic rings. The molecule has 0 radical (unpaired) electrons. The number of phenolic OH excluding ortho intramolecular Hbond substituents is 1. The molecule has 0 saturated heterocycles. The molecule has 0 spiro atoms. The third-order valence-corrected chi connectivity index (χ3v) is 3.72. The van der Waals surface area contributed by atoms with Gasteiger partial charge in [0.05, 0.1) is 0 Å². The lowest BCUT2D eigenvalue weighted by molar-refractivity contribution is 0.474. The van der Waals surface area contributed by atoms with Crippen molar-refractivity contribution in [2.45, 2.75) is 29.0 Å². The van der Waals surface area contributed by atoms with Gasteiger partial charge in [0, 0.05) is 10.8 Å². The molecule has 2 rings (SSSR count). The summed E-state index contributed by atoms with van der Waals surface area (Å²) in [5.74, 6) is 1.51. The van der Waals surface area contributed by atoms with E-state index in [1.54, 1.807) is 12.1 Å². The lowest BCUT2D eigenvalue weighted by Gasteiger charge is -1.98. The summed E-state index contributed by atoms with van der Waals surface area (Å²) in [6, 6.07) is 7.15. The Morgan fingerprint density at radius 2 is 2.19 bits per heavy atom. The van der Waals surface area contributed by atoms with Crippen LogP contribution in [0.4, 0.5) is 0 Å². The molecule has 84 valence electrons. The van der Waals surface area contributed by atoms with Gasteiger partial charge in [0.2, 0.25) is 0 Å². The maximum absolute atomic E-state index is 9.34. The molecule has 1 N–H and O–H groups in total. The standard InChI is InChI=1S/C11H12N2OS2/c1-7(2)10-12-11(16-13-10)15-9-5-3-4-8(14)6-9/h3-7,14H,1-2H3. The van der Waals surface area contributed by atoms with Gasteiger partial charge in [-0.15, -0.1) is 0 Å². The van der Waals surface area contributed by atoms with Gasteiger partial charge in [0.25, 0.3) is 0 Å². The van der Waals surface area contributed by atoms with Crippen LogP contribution in [0.5, 0.6) is 5.75 Å². The Morgan fingerprint density at radius 3 is 2.81 bits per heavy atom. The zero-order chi connectivity index (χ0) is 11.5. The fourth-order valence-electron chi connectivity index (χ4n) is 1.14. The van der Waals surface area contributed by atoms with E-state index in [1.165, 1.54) is 23.3 Å². The van der Waals surface area contributed by atoms with E-state index in [1.807, 2.05) is 12.1 Å². The van der Waals surface area contributed by atoms with Gasteiger partial charge in [-0.1, -0.05) is 31.7 Å². The summed E-state index contributed by atoms with van der Waals surface area (Å²) < 4.78 is 5.19. The predicted molar refractivity (Wildman–Crippen MR) is 66.2 cm³/mol. The van der Waals surface area contributed by atoms with Crippen LogP contribution >= 0.6 is 23.3 Å². The average Bonchev–Trinajstić information content (AvgIpc) is 2.66. The Morgan fingerprint density at radius 1 is 1.38 bits per heavy atom. The van der Waals surface area contributed by atoms with Gasteiger partial charge in [-0.25, -0.2) is 4.98 Å². The fraction of sp³-hybridized carbons (Fsp3) is 0.273. The van der Waals surface area contributed by atoms with Crippen LogP contribution in [0.2, 0.25) is 0 Å². The zero-order valence-electron chi connectivity index (χ0n) is 9.04. The molecule has 0 fully saturated rings. The molecule has 0 saturated carbocycles. The highest BCUT2D eigenvalue weighted by Gasteiger charge is 2.08. The molecule has 0 amide bonds. The summed E-state index contributed by atoms with van der Waals surface area (Å²) in [5.41, 5.74) is 0. The molecular formula is C11H12N2OS2. The molecule has 0 atom stereocenters. The Bertz CT molecular complexity index is 482. The highest BCUT2D eigenvalue weighted by molar-refractivity contribution is 8.01. The van der Waals surface area contributed by atoms with Gasteiger partial charge in [-0.3, -0.25) is 0 Å². The first-order valence-electron chi connectivity index (χ1n) is 4.95. The highest BCUT2D eigenvalue weighted by atomic mass is 32.2. The van der Waals surface area contributed by atoms with E-state index in [0.717, 1.165) is 15.1 Å². The van der Waals surface area contributed by atoms with Crippen LogP contribution in [0.15, 0.2) is 33.5 Å². The van der Waals surface area contributed by atoms with Crippen molar-refractivity contribution < 1.29 is 5.11 Å². The van der Waals surface area contributed by atoms with Gasteiger partial charge in [0.1, 0.15) is 11.6 Å². The monoisotopic (exact) mass is 252 g/mol. The van der Waals surface area contributed by atoms with Crippen molar-refractivity contribution in [1.82, 2.24) is 9.36 Å². The predicted octanol–water partition coefficient (Wildman–Crippen LogP) is 3.52. The van der Waals surface area contributed by atoms with Crippen LogP contribution in [-0.2, 0) is 0 Å². The van der Waals surface area contributed by atoms with E-state index < -0.39 is 0 Å². The van der Waals surface area contributed by atoms with Crippen LogP contribution in [0.1, 0.15) is 25.6 Å². The molecule has 1 aromatic heterocycles. The van der Waals surface area contributed by atoms with Crippen molar-refractivity contribution in [2.24, 2.45) is 0 Å². The van der Waals surface area contributed by atoms with Crippen molar-refractivity contribution >= 4 is 23.3 Å². The summed E-state index contributed by atoms with van der Waals surface area (Å²) >= 11 is 2.92. The minimum absolute atomic E-state index is 0.276. The van der Waals surface area contributed by atoms with Crippen molar-refractivity contribution in [3.8, 4) is 5.75 Å². The first-order chi connectivity index (χ1) is 7.65. The van der Waals surface area contributed by atoms with Gasteiger partial charge in [0.15, 0.2) is 4.34 Å². The smallest absolute Gasteiger partial charge is 0.174 e. The summed E-state index contributed by atoms with van der Waals surface area (Å²) in [6.07, 6.45) is 0. The molecule has 0 aliphatic heterocycles. The van der Waals surface area contributed by atoms with E-state index in [-0.39, 0.29) is 5.75 Å². The quantitative estimate of drug-likeness (QED) is 0.908. The van der Waals surface area contributed by atoms with Gasteiger partial charge in [-0.2, -0.15) is 4.37 Å². The number of aromatic nitrogens is 2. The average molecular weight is 252 g/mol. The van der Waals surface area contributed by atoms with Crippen molar-refractivity contribution in [1.29, 1.82) is 0 Å². The Kier molecular flexibility index (Phi) is 3.46. The zero-order valence-corrected chi connectivity index (χ0v) is 10.7. The minimum atomic E-state index is 0.276. The first-order valence-corrected chi connectivity index (χ1v) is 6.54. The molecule has 0 aliphatic carbocycles. The molecule has 1 heterocycles. The van der Waals surface area contributed by atoms with Gasteiger partial charge >= 0.3 is 0 Å². The molecule has 3 nitrogen and oxygen atoms in total. The molecule has 0 aliphatic rings. The maximum Gasteiger partial charge on any atom is 0.174 e. The summed E-state index contributed by atoms with van der Waals surface area (Å²) in [5, 5.41) is 9.34. The van der Waals surface area contributed by atoms with Crippen molar-refractivity contribution in [3.05, 3.63) is 30.1 Å². The lowest BCUT2D eigenvalue weighted by Crippen LogP contribution is -1.88. The number of rotatable bonds is 3. The lowest BCUT2D eigenvalue weighted by atomic mass is 10.2. The number of nitrogens with zero attached hydrogens (tertiary/aromatic N) is 2. The number of aromatic hydroxyl groups is 1. The van der Waals surface area contributed by atoms with E-state index in [9.17, 15) is 5.11 Å². The van der Waals surface area contributed by atoms with Crippen LogP contribution in [0.3, 0.4) is 0 Å². The van der Waals surface area contributed by atoms with Crippen molar-refractivity contribution in [3.63, 3.8) is 0 Å². The molecule has 16 heavy (non-hydrogen) atoms. The SMILES string of the molecule is CC(C)c1nsc(Sc2cccc(O)c2)n1. The first kappa shape index (κ1) is 11.4. The minimum Gasteiger partial charge on any atom is -0.508 e. The second-order valence-electron chi connectivity index (χ2n) is 3.67. The molecule has 1 aromatic carbocycles. The van der Waals surface area contributed by atoms with E-state index >= 15 is 0 Å². The second-order valence-corrected chi connectivity index (χ2v) is 5.75. The third kappa shape index (κ3) is 2.74. The van der Waals surface area contributed by atoms with E-state index in [0.29, 0.717) is 5.92 Å². The summed E-state index contributed by atoms with van der Waals surface area (Å²) in [6.45, 7) is 4.15. The number of hydrogen-bond acceptors (Lipinski definition) is 5. The fourth-order valence-corrected chi connectivity index (χ4v) is 2.92. The van der Waals surface area contributed by atoms with Crippen LogP contribution < -0.4 is 0 Å². The topological polar surface area (TPSA) is 46.0 Å². The number of hydrogen-bond donors (Lipinski definition) is 1. The maximum atomic E-state index is 9.34. The number of phenols is 1. The largest absolute Gasteiger partial charge is 0.508 e. The molecule has 0 unspecified atom stereocenters. The van der Waals surface area contributed by atoms with E-state index in [4.69, 9.17) is 0 Å². The van der Waals surface area contributed by atoms with E-state index in [2.05, 4.69) is 23.2 Å². The summed E-state index contributed by atoms with van der Waals surface area (Å²) in [4.78, 5) is 5.40. The molecule has 0 bridgehead atoms. The Hall–Kier alpha value is -1.07. The van der Waals surface area contributed by atoms with Crippen LogP contribution in [-0.4, -0.2) is 14.5 Å². The Balaban J connectivity index is 2.14. The van der Waals surface area contributed by atoms with Gasteiger partial charge in [-0.05, 0) is 29.7 Å². The van der Waals surface area contributed by atoms with Gasteiger partial charge < -0.3 is 5.11 Å². The highest BCUT2D eigenvalue weighted by Crippen LogP contribution is 2.31. The Labute approximate surface area is 103 Å². The van der Waals surface area contributed by atoms with Crippen LogP contribution in [0.25, 0.3) is 0 Å². The van der Waals surface area contributed by atoms with Crippen LogP contribution in [0, 0.1) is 0 Å². The van der Waals surface area contributed by atoms with Crippen molar-refractivity contribution in [2.75, 3.05) is 0 Å².